The molecular weight excluding hydrogens is 321 g/mol. The highest BCUT2D eigenvalue weighted by atomic mass is 35.7. The van der Waals surface area contributed by atoms with E-state index in [0.717, 1.165) is 31.0 Å². The van der Waals surface area contributed by atoms with E-state index in [4.69, 9.17) is 15.4 Å². The van der Waals surface area contributed by atoms with Gasteiger partial charge in [-0.25, -0.2) is 12.8 Å². The molecule has 0 unspecified atom stereocenters. The van der Waals surface area contributed by atoms with Crippen LogP contribution in [0.2, 0.25) is 0 Å². The van der Waals surface area contributed by atoms with Gasteiger partial charge < -0.3 is 10.1 Å². The van der Waals surface area contributed by atoms with E-state index in [9.17, 15) is 17.6 Å². The molecule has 2 rings (SSSR count). The van der Waals surface area contributed by atoms with Gasteiger partial charge in [0, 0.05) is 30.4 Å². The van der Waals surface area contributed by atoms with Crippen molar-refractivity contribution in [2.24, 2.45) is 5.92 Å². The first-order valence-electron chi connectivity index (χ1n) is 6.48. The van der Waals surface area contributed by atoms with Gasteiger partial charge >= 0.3 is 0 Å². The summed E-state index contributed by atoms with van der Waals surface area (Å²) in [5.41, 5.74) is -0.203. The van der Waals surface area contributed by atoms with Crippen LogP contribution < -0.4 is 5.32 Å². The fourth-order valence-electron chi connectivity index (χ4n) is 2.11. The van der Waals surface area contributed by atoms with Gasteiger partial charge in [-0.3, -0.25) is 4.79 Å². The van der Waals surface area contributed by atoms with E-state index >= 15 is 0 Å². The van der Waals surface area contributed by atoms with Crippen LogP contribution in [0.15, 0.2) is 23.1 Å². The number of carbonyl (C=O) groups is 1. The molecule has 1 aromatic carbocycles. The molecule has 1 heterocycles. The molecule has 21 heavy (non-hydrogen) atoms. The third-order valence-corrected chi connectivity index (χ3v) is 4.71. The smallest absolute Gasteiger partial charge is 0.261 e. The molecule has 1 saturated heterocycles. The minimum atomic E-state index is -4.01. The maximum atomic E-state index is 13.8. The average molecular weight is 336 g/mol. The molecule has 8 heteroatoms. The van der Waals surface area contributed by atoms with E-state index in [1.54, 1.807) is 0 Å². The summed E-state index contributed by atoms with van der Waals surface area (Å²) < 4.78 is 41.2. The van der Waals surface area contributed by atoms with E-state index in [1.165, 1.54) is 0 Å². The number of ether oxygens (including phenoxy) is 1. The van der Waals surface area contributed by atoms with Crippen molar-refractivity contribution < 1.29 is 22.3 Å². The average Bonchev–Trinajstić information content (AvgIpc) is 2.45. The first-order chi connectivity index (χ1) is 9.88. The van der Waals surface area contributed by atoms with Gasteiger partial charge in [0.15, 0.2) is 0 Å². The Bertz CT molecular complexity index is 629. The SMILES string of the molecule is O=C(NCC1CCOCC1)c1ccc(S(=O)(=O)Cl)cc1F. The summed E-state index contributed by atoms with van der Waals surface area (Å²) in [4.78, 5) is 11.5. The number of carbonyl (C=O) groups excluding carboxylic acids is 1. The second-order valence-corrected chi connectivity index (χ2v) is 7.41. The first kappa shape index (κ1) is 16.2. The van der Waals surface area contributed by atoms with Gasteiger partial charge in [0.05, 0.1) is 10.5 Å². The van der Waals surface area contributed by atoms with Crippen molar-refractivity contribution in [3.63, 3.8) is 0 Å². The Kier molecular flexibility index (Phi) is 5.18. The number of nitrogens with one attached hydrogen (secondary N) is 1. The minimum Gasteiger partial charge on any atom is -0.381 e. The molecule has 0 spiro atoms. The third kappa shape index (κ3) is 4.39. The minimum absolute atomic E-state index is 0.203. The van der Waals surface area contributed by atoms with Crippen LogP contribution in [-0.2, 0) is 13.8 Å². The van der Waals surface area contributed by atoms with Crippen molar-refractivity contribution in [3.05, 3.63) is 29.6 Å². The van der Waals surface area contributed by atoms with Gasteiger partial charge in [-0.05, 0) is 37.0 Å². The lowest BCUT2D eigenvalue weighted by Crippen LogP contribution is -2.32. The summed E-state index contributed by atoms with van der Waals surface area (Å²) in [6, 6.07) is 2.96. The number of benzene rings is 1. The Labute approximate surface area is 126 Å². The zero-order valence-corrected chi connectivity index (χ0v) is 12.7. The molecule has 1 aliphatic rings. The molecule has 0 saturated carbocycles. The highest BCUT2D eigenvalue weighted by molar-refractivity contribution is 8.13. The fraction of sp³-hybridized carbons (Fsp3) is 0.462. The van der Waals surface area contributed by atoms with Crippen molar-refractivity contribution in [3.8, 4) is 0 Å². The quantitative estimate of drug-likeness (QED) is 0.853. The monoisotopic (exact) mass is 335 g/mol. The zero-order chi connectivity index (χ0) is 15.5. The summed E-state index contributed by atoms with van der Waals surface area (Å²) in [5, 5.41) is 2.65. The molecule has 0 aliphatic carbocycles. The van der Waals surface area contributed by atoms with Crippen LogP contribution in [0.25, 0.3) is 0 Å². The summed E-state index contributed by atoms with van der Waals surface area (Å²) in [5.74, 6) is -1.17. The largest absolute Gasteiger partial charge is 0.381 e. The maximum absolute atomic E-state index is 13.8. The highest BCUT2D eigenvalue weighted by Crippen LogP contribution is 2.19. The van der Waals surface area contributed by atoms with Crippen LogP contribution in [0.3, 0.4) is 0 Å². The zero-order valence-electron chi connectivity index (χ0n) is 11.1. The molecule has 0 atom stereocenters. The van der Waals surface area contributed by atoms with E-state index in [1.807, 2.05) is 0 Å². The van der Waals surface area contributed by atoms with Crippen LogP contribution in [-0.4, -0.2) is 34.1 Å². The molecule has 0 radical (unpaired) electrons. The molecule has 1 amide bonds. The second-order valence-electron chi connectivity index (χ2n) is 4.85. The number of amides is 1. The Morgan fingerprint density at radius 3 is 2.62 bits per heavy atom. The van der Waals surface area contributed by atoms with Crippen LogP contribution >= 0.6 is 10.7 Å². The Hall–Kier alpha value is -1.18. The van der Waals surface area contributed by atoms with Crippen LogP contribution in [0, 0.1) is 11.7 Å². The predicted molar refractivity (Wildman–Crippen MR) is 75.3 cm³/mol. The number of hydrogen-bond acceptors (Lipinski definition) is 4. The molecule has 0 bridgehead atoms. The fourth-order valence-corrected chi connectivity index (χ4v) is 2.88. The number of rotatable bonds is 4. The van der Waals surface area contributed by atoms with Gasteiger partial charge in [0.25, 0.3) is 15.0 Å². The molecule has 1 N–H and O–H groups in total. The van der Waals surface area contributed by atoms with Crippen molar-refractivity contribution in [1.29, 1.82) is 0 Å². The van der Waals surface area contributed by atoms with E-state index in [0.29, 0.717) is 25.7 Å². The van der Waals surface area contributed by atoms with Crippen LogP contribution in [0.4, 0.5) is 4.39 Å². The van der Waals surface area contributed by atoms with Crippen molar-refractivity contribution in [2.45, 2.75) is 17.7 Å². The lowest BCUT2D eigenvalue weighted by Gasteiger charge is -2.22. The van der Waals surface area contributed by atoms with E-state index < -0.39 is 20.8 Å². The normalized spacial score (nSPS) is 16.7. The van der Waals surface area contributed by atoms with Crippen LogP contribution in [0.5, 0.6) is 0 Å². The Morgan fingerprint density at radius 1 is 1.38 bits per heavy atom. The highest BCUT2D eigenvalue weighted by Gasteiger charge is 2.19. The van der Waals surface area contributed by atoms with E-state index in [2.05, 4.69) is 5.32 Å². The topological polar surface area (TPSA) is 72.5 Å². The van der Waals surface area contributed by atoms with Crippen LogP contribution in [0.1, 0.15) is 23.2 Å². The summed E-state index contributed by atoms with van der Waals surface area (Å²) in [6.45, 7) is 1.77. The van der Waals surface area contributed by atoms with Gasteiger partial charge in [-0.2, -0.15) is 0 Å². The predicted octanol–water partition coefficient (Wildman–Crippen LogP) is 1.91. The van der Waals surface area contributed by atoms with Crippen molar-refractivity contribution in [1.82, 2.24) is 5.32 Å². The van der Waals surface area contributed by atoms with Gasteiger partial charge in [-0.1, -0.05) is 0 Å². The lowest BCUT2D eigenvalue weighted by molar-refractivity contribution is 0.0642. The molecule has 116 valence electrons. The number of halogens is 2. The van der Waals surface area contributed by atoms with E-state index in [-0.39, 0.29) is 10.5 Å². The lowest BCUT2D eigenvalue weighted by atomic mass is 10.0. The summed E-state index contributed by atoms with van der Waals surface area (Å²) in [7, 11) is 1.11. The molecule has 1 fully saturated rings. The first-order valence-corrected chi connectivity index (χ1v) is 8.79. The molecule has 1 aromatic rings. The standard InChI is InChI=1S/C13H15ClFNO4S/c14-21(18,19)10-1-2-11(12(15)7-10)13(17)16-8-9-3-5-20-6-4-9/h1-2,7,9H,3-6,8H2,(H,16,17). The van der Waals surface area contributed by atoms with Crippen molar-refractivity contribution >= 4 is 25.6 Å². The number of hydrogen-bond donors (Lipinski definition) is 1. The summed E-state index contributed by atoms with van der Waals surface area (Å²) in [6.07, 6.45) is 1.71. The Morgan fingerprint density at radius 2 is 2.05 bits per heavy atom. The van der Waals surface area contributed by atoms with Gasteiger partial charge in [0.2, 0.25) is 0 Å². The van der Waals surface area contributed by atoms with Gasteiger partial charge in [-0.15, -0.1) is 0 Å². The molecule has 5 nitrogen and oxygen atoms in total. The Balaban J connectivity index is 2.02. The molecule has 1 aliphatic heterocycles. The van der Waals surface area contributed by atoms with Crippen molar-refractivity contribution in [2.75, 3.05) is 19.8 Å². The third-order valence-electron chi connectivity index (χ3n) is 3.36. The molecule has 0 aromatic heterocycles. The second kappa shape index (κ2) is 6.72. The maximum Gasteiger partial charge on any atom is 0.261 e. The summed E-state index contributed by atoms with van der Waals surface area (Å²) >= 11 is 0. The van der Waals surface area contributed by atoms with Gasteiger partial charge in [0.1, 0.15) is 5.82 Å². The molecular formula is C13H15ClFNO4S.